The summed E-state index contributed by atoms with van der Waals surface area (Å²) in [4.78, 5) is 44.9. The van der Waals surface area contributed by atoms with Crippen molar-refractivity contribution in [3.63, 3.8) is 0 Å². The summed E-state index contributed by atoms with van der Waals surface area (Å²) in [5, 5.41) is 0.484. The van der Waals surface area contributed by atoms with Crippen LogP contribution in [0.3, 0.4) is 0 Å². The molecule has 0 radical (unpaired) electrons. The molecule has 1 aromatic carbocycles. The highest BCUT2D eigenvalue weighted by molar-refractivity contribution is 6.30. The van der Waals surface area contributed by atoms with Gasteiger partial charge in [-0.2, -0.15) is 0 Å². The number of hydrogen-bond acceptors (Lipinski definition) is 5. The zero-order chi connectivity index (χ0) is 16.5. The van der Waals surface area contributed by atoms with Gasteiger partial charge in [0.2, 0.25) is 0 Å². The fourth-order valence-corrected chi connectivity index (χ4v) is 1.46. The van der Waals surface area contributed by atoms with E-state index in [-0.39, 0.29) is 18.6 Å². The minimum atomic E-state index is -0.696. The average molecular weight is 327 g/mol. The number of nitrogens with one attached hydrogen (secondary N) is 2. The molecule has 0 aliphatic rings. The molecule has 8 heteroatoms. The Morgan fingerprint density at radius 1 is 1.05 bits per heavy atom. The van der Waals surface area contributed by atoms with Crippen LogP contribution >= 0.6 is 11.6 Å². The molecule has 0 unspecified atom stereocenters. The minimum Gasteiger partial charge on any atom is -0.455 e. The van der Waals surface area contributed by atoms with Crippen molar-refractivity contribution in [3.8, 4) is 0 Å². The molecule has 0 fully saturated rings. The lowest BCUT2D eigenvalue weighted by atomic mass is 10.2. The van der Waals surface area contributed by atoms with Crippen LogP contribution in [0.2, 0.25) is 5.02 Å². The number of ketones is 1. The molecule has 118 valence electrons. The molecule has 0 saturated heterocycles. The maximum Gasteiger partial charge on any atom is 0.306 e. The maximum atomic E-state index is 11.7. The predicted molar refractivity (Wildman–Crippen MR) is 77.9 cm³/mol. The van der Waals surface area contributed by atoms with Gasteiger partial charge in [-0.3, -0.25) is 25.2 Å². The summed E-state index contributed by atoms with van der Waals surface area (Å²) in [6, 6.07) is 6.06. The van der Waals surface area contributed by atoms with Gasteiger partial charge in [0, 0.05) is 17.0 Å². The third kappa shape index (κ3) is 6.85. The Morgan fingerprint density at radius 3 is 2.27 bits per heavy atom. The number of Topliss-reactive ketones (excluding diaryl/α,β-unsaturated/α-hetero) is 1. The van der Waals surface area contributed by atoms with Crippen LogP contribution < -0.4 is 10.9 Å². The molecule has 0 atom stereocenters. The van der Waals surface area contributed by atoms with Gasteiger partial charge in [0.05, 0.1) is 6.42 Å². The van der Waals surface area contributed by atoms with E-state index in [0.29, 0.717) is 10.6 Å². The number of rotatable bonds is 6. The van der Waals surface area contributed by atoms with Crippen LogP contribution in [0.4, 0.5) is 0 Å². The van der Waals surface area contributed by atoms with Crippen LogP contribution in [0.25, 0.3) is 0 Å². The maximum absolute atomic E-state index is 11.7. The van der Waals surface area contributed by atoms with Gasteiger partial charge in [0.15, 0.2) is 6.61 Å². The number of amides is 2. The summed E-state index contributed by atoms with van der Waals surface area (Å²) in [6.45, 7) is 0.809. The fraction of sp³-hybridized carbons (Fsp3) is 0.286. The predicted octanol–water partition coefficient (Wildman–Crippen LogP) is 1.01. The van der Waals surface area contributed by atoms with E-state index in [1.54, 1.807) is 0 Å². The molecule has 0 aliphatic carbocycles. The van der Waals surface area contributed by atoms with Crippen molar-refractivity contribution in [1.82, 2.24) is 10.9 Å². The van der Waals surface area contributed by atoms with E-state index in [4.69, 9.17) is 11.6 Å². The number of benzene rings is 1. The fourth-order valence-electron chi connectivity index (χ4n) is 1.33. The SMILES string of the molecule is CC(=O)CCC(=O)OCC(=O)NNC(=O)c1ccc(Cl)cc1. The van der Waals surface area contributed by atoms with E-state index in [0.717, 1.165) is 0 Å². The summed E-state index contributed by atoms with van der Waals surface area (Å²) in [7, 11) is 0. The van der Waals surface area contributed by atoms with Crippen molar-refractivity contribution in [2.24, 2.45) is 0 Å². The summed E-state index contributed by atoms with van der Waals surface area (Å²) in [5.41, 5.74) is 4.57. The van der Waals surface area contributed by atoms with E-state index in [1.807, 2.05) is 0 Å². The molecule has 2 amide bonds. The van der Waals surface area contributed by atoms with Crippen molar-refractivity contribution in [2.75, 3.05) is 6.61 Å². The van der Waals surface area contributed by atoms with Crippen molar-refractivity contribution in [2.45, 2.75) is 19.8 Å². The summed E-state index contributed by atoms with van der Waals surface area (Å²) in [5.74, 6) is -2.03. The van der Waals surface area contributed by atoms with E-state index in [9.17, 15) is 19.2 Å². The molecule has 0 saturated carbocycles. The summed E-state index contributed by atoms with van der Waals surface area (Å²) >= 11 is 5.69. The van der Waals surface area contributed by atoms with E-state index in [2.05, 4.69) is 15.6 Å². The number of hydrazine groups is 1. The van der Waals surface area contributed by atoms with Crippen molar-refractivity contribution < 1.29 is 23.9 Å². The molecule has 0 spiro atoms. The number of hydrogen-bond donors (Lipinski definition) is 2. The largest absolute Gasteiger partial charge is 0.455 e. The molecule has 0 heterocycles. The van der Waals surface area contributed by atoms with Crippen LogP contribution in [0.15, 0.2) is 24.3 Å². The van der Waals surface area contributed by atoms with Crippen LogP contribution in [0.1, 0.15) is 30.1 Å². The Kier molecular flexibility index (Phi) is 7.04. The Bertz CT molecular complexity index is 571. The normalized spacial score (nSPS) is 9.73. The minimum absolute atomic E-state index is 0.0632. The van der Waals surface area contributed by atoms with Crippen LogP contribution in [0.5, 0.6) is 0 Å². The first-order chi connectivity index (χ1) is 10.4. The quantitative estimate of drug-likeness (QED) is 0.600. The molecule has 7 nitrogen and oxygen atoms in total. The highest BCUT2D eigenvalue weighted by atomic mass is 35.5. The number of carbonyl (C=O) groups excluding carboxylic acids is 4. The Labute approximate surface area is 131 Å². The summed E-state index contributed by atoms with van der Waals surface area (Å²) < 4.78 is 4.64. The molecule has 0 aliphatic heterocycles. The van der Waals surface area contributed by atoms with Gasteiger partial charge in [-0.15, -0.1) is 0 Å². The van der Waals surface area contributed by atoms with Gasteiger partial charge >= 0.3 is 5.97 Å². The second-order valence-corrected chi connectivity index (χ2v) is 4.81. The molecule has 0 bridgehead atoms. The average Bonchev–Trinajstić information content (AvgIpc) is 2.49. The highest BCUT2D eigenvalue weighted by Crippen LogP contribution is 2.08. The van der Waals surface area contributed by atoms with Crippen molar-refractivity contribution in [3.05, 3.63) is 34.9 Å². The Balaban J connectivity index is 2.28. The standard InChI is InChI=1S/C14H15ClN2O5/c1-9(18)2-7-13(20)22-8-12(19)16-17-14(21)10-3-5-11(15)6-4-10/h3-6H,2,7-8H2,1H3,(H,16,19)(H,17,21). The number of carbonyl (C=O) groups is 4. The van der Waals surface area contributed by atoms with Gasteiger partial charge in [0.1, 0.15) is 5.78 Å². The Morgan fingerprint density at radius 2 is 1.68 bits per heavy atom. The number of halogens is 1. The lowest BCUT2D eigenvalue weighted by Gasteiger charge is -2.08. The highest BCUT2D eigenvalue weighted by Gasteiger charge is 2.10. The molecular weight excluding hydrogens is 312 g/mol. The van der Waals surface area contributed by atoms with E-state index in [1.165, 1.54) is 31.2 Å². The smallest absolute Gasteiger partial charge is 0.306 e. The van der Waals surface area contributed by atoms with E-state index >= 15 is 0 Å². The second-order valence-electron chi connectivity index (χ2n) is 4.37. The first kappa shape index (κ1) is 17.6. The van der Waals surface area contributed by atoms with Gasteiger partial charge in [-0.05, 0) is 31.2 Å². The van der Waals surface area contributed by atoms with E-state index < -0.39 is 24.4 Å². The molecule has 1 aromatic rings. The Hall–Kier alpha value is -2.41. The molecule has 2 N–H and O–H groups in total. The first-order valence-corrected chi connectivity index (χ1v) is 6.76. The first-order valence-electron chi connectivity index (χ1n) is 6.38. The van der Waals surface area contributed by atoms with Crippen LogP contribution in [-0.2, 0) is 19.1 Å². The van der Waals surface area contributed by atoms with Gasteiger partial charge in [-0.25, -0.2) is 0 Å². The lowest BCUT2D eigenvalue weighted by Crippen LogP contribution is -2.43. The number of ether oxygens (including phenoxy) is 1. The zero-order valence-electron chi connectivity index (χ0n) is 11.8. The molecule has 0 aromatic heterocycles. The van der Waals surface area contributed by atoms with Gasteiger partial charge < -0.3 is 9.53 Å². The van der Waals surface area contributed by atoms with Gasteiger partial charge in [0.25, 0.3) is 11.8 Å². The monoisotopic (exact) mass is 326 g/mol. The van der Waals surface area contributed by atoms with Crippen LogP contribution in [-0.4, -0.2) is 30.2 Å². The lowest BCUT2D eigenvalue weighted by molar-refractivity contribution is -0.149. The molecular formula is C14H15ClN2O5. The summed E-state index contributed by atoms with van der Waals surface area (Å²) in [6.07, 6.45) is -0.0203. The zero-order valence-corrected chi connectivity index (χ0v) is 12.6. The van der Waals surface area contributed by atoms with Crippen molar-refractivity contribution >= 4 is 35.2 Å². The third-order valence-corrected chi connectivity index (χ3v) is 2.72. The molecule has 1 rings (SSSR count). The molecule has 22 heavy (non-hydrogen) atoms. The second kappa shape index (κ2) is 8.78. The number of esters is 1. The van der Waals surface area contributed by atoms with Gasteiger partial charge in [-0.1, -0.05) is 11.6 Å². The topological polar surface area (TPSA) is 102 Å². The van der Waals surface area contributed by atoms with Crippen LogP contribution in [0, 0.1) is 0 Å². The van der Waals surface area contributed by atoms with Crippen molar-refractivity contribution in [1.29, 1.82) is 0 Å². The third-order valence-electron chi connectivity index (χ3n) is 2.47.